The summed E-state index contributed by atoms with van der Waals surface area (Å²) in [5, 5.41) is 15.1. The van der Waals surface area contributed by atoms with E-state index in [0.29, 0.717) is 24.7 Å². The highest BCUT2D eigenvalue weighted by molar-refractivity contribution is 7.89. The second-order valence-corrected chi connectivity index (χ2v) is 13.2. The lowest BCUT2D eigenvalue weighted by Gasteiger charge is -2.31. The highest BCUT2D eigenvalue weighted by atomic mass is 32.2. The highest BCUT2D eigenvalue weighted by Crippen LogP contribution is 2.39. The SMILES string of the molecule is CCS(=O)(=O)N1CCC(c2c[nH]c3c(C(N)=O)cc(-c4ccc(C5CNCCN5)s4)cc23)CC1.O=C(O)C(F)(F)F. The lowest BCUT2D eigenvalue weighted by atomic mass is 9.89. The van der Waals surface area contributed by atoms with Gasteiger partial charge in [-0.2, -0.15) is 13.2 Å². The van der Waals surface area contributed by atoms with E-state index in [4.69, 9.17) is 15.6 Å². The van der Waals surface area contributed by atoms with E-state index in [-0.39, 0.29) is 11.7 Å². The summed E-state index contributed by atoms with van der Waals surface area (Å²) >= 11 is 1.73. The second-order valence-electron chi connectivity index (χ2n) is 9.84. The number of halogens is 3. The number of thiophene rings is 1. The van der Waals surface area contributed by atoms with E-state index >= 15 is 0 Å². The minimum atomic E-state index is -5.08. The van der Waals surface area contributed by atoms with Crippen molar-refractivity contribution in [2.45, 2.75) is 37.9 Å². The molecule has 2 aromatic heterocycles. The molecule has 2 aliphatic rings. The van der Waals surface area contributed by atoms with Crippen LogP contribution in [0.1, 0.15) is 52.5 Å². The maximum absolute atomic E-state index is 12.3. The van der Waals surface area contributed by atoms with Gasteiger partial charge in [-0.3, -0.25) is 4.79 Å². The first-order valence-electron chi connectivity index (χ1n) is 13.1. The molecule has 3 aromatic rings. The molecular formula is C26H32F3N5O5S2. The van der Waals surface area contributed by atoms with Crippen molar-refractivity contribution in [3.8, 4) is 10.4 Å². The summed E-state index contributed by atoms with van der Waals surface area (Å²) in [6.07, 6.45) is -1.61. The number of carbonyl (C=O) groups excluding carboxylic acids is 1. The maximum atomic E-state index is 12.3. The summed E-state index contributed by atoms with van der Waals surface area (Å²) in [5.41, 5.74) is 9.12. The van der Waals surface area contributed by atoms with Crippen molar-refractivity contribution in [2.24, 2.45) is 5.73 Å². The minimum Gasteiger partial charge on any atom is -0.475 e. The molecule has 15 heteroatoms. The molecule has 41 heavy (non-hydrogen) atoms. The number of nitrogens with two attached hydrogens (primary N) is 1. The van der Waals surface area contributed by atoms with Gasteiger partial charge in [0.2, 0.25) is 10.0 Å². The topological polar surface area (TPSA) is 158 Å². The Balaban J connectivity index is 0.000000493. The Hall–Kier alpha value is -2.98. The largest absolute Gasteiger partial charge is 0.490 e. The van der Waals surface area contributed by atoms with Crippen LogP contribution in [0.3, 0.4) is 0 Å². The van der Waals surface area contributed by atoms with Crippen molar-refractivity contribution in [1.82, 2.24) is 19.9 Å². The number of sulfonamides is 1. The number of hydrogen-bond donors (Lipinski definition) is 5. The Labute approximate surface area is 239 Å². The van der Waals surface area contributed by atoms with Crippen LogP contribution in [0.25, 0.3) is 21.3 Å². The van der Waals surface area contributed by atoms with Crippen LogP contribution in [0, 0.1) is 0 Å². The van der Waals surface area contributed by atoms with E-state index < -0.39 is 28.1 Å². The van der Waals surface area contributed by atoms with Gasteiger partial charge in [0, 0.05) is 54.1 Å². The van der Waals surface area contributed by atoms with Crippen molar-refractivity contribution in [2.75, 3.05) is 38.5 Å². The Bertz CT molecular complexity index is 1510. The molecule has 2 aliphatic heterocycles. The van der Waals surface area contributed by atoms with Crippen LogP contribution < -0.4 is 16.4 Å². The number of nitrogens with one attached hydrogen (secondary N) is 3. The molecule has 5 rings (SSSR count). The predicted octanol–water partition coefficient (Wildman–Crippen LogP) is 3.39. The Kier molecular flexibility index (Phi) is 9.43. The van der Waals surface area contributed by atoms with E-state index in [2.05, 4.69) is 33.8 Å². The third kappa shape index (κ3) is 7.09. The van der Waals surface area contributed by atoms with Gasteiger partial charge in [-0.05, 0) is 61.1 Å². The number of piperazine rings is 1. The predicted molar refractivity (Wildman–Crippen MR) is 150 cm³/mol. The molecule has 0 aliphatic carbocycles. The number of carboxylic acids is 1. The van der Waals surface area contributed by atoms with E-state index in [0.717, 1.165) is 59.4 Å². The number of carbonyl (C=O) groups is 2. The van der Waals surface area contributed by atoms with E-state index in [9.17, 15) is 26.4 Å². The van der Waals surface area contributed by atoms with Gasteiger partial charge in [-0.1, -0.05) is 0 Å². The summed E-state index contributed by atoms with van der Waals surface area (Å²) in [5.74, 6) is -2.86. The van der Waals surface area contributed by atoms with Crippen LogP contribution in [-0.4, -0.2) is 79.3 Å². The van der Waals surface area contributed by atoms with Gasteiger partial charge < -0.3 is 26.5 Å². The number of aromatic nitrogens is 1. The van der Waals surface area contributed by atoms with Crippen LogP contribution in [0.5, 0.6) is 0 Å². The van der Waals surface area contributed by atoms with Crippen molar-refractivity contribution in [3.63, 3.8) is 0 Å². The van der Waals surface area contributed by atoms with Gasteiger partial charge in [0.25, 0.3) is 5.91 Å². The molecule has 6 N–H and O–H groups in total. The normalized spacial score (nSPS) is 19.1. The van der Waals surface area contributed by atoms with E-state index in [1.54, 1.807) is 22.6 Å². The van der Waals surface area contributed by atoms with Crippen molar-refractivity contribution in [1.29, 1.82) is 0 Å². The zero-order chi connectivity index (χ0) is 29.9. The summed E-state index contributed by atoms with van der Waals surface area (Å²) in [6.45, 7) is 5.55. The third-order valence-electron chi connectivity index (χ3n) is 7.28. The maximum Gasteiger partial charge on any atom is 0.490 e. The van der Waals surface area contributed by atoms with Crippen LogP contribution in [0.2, 0.25) is 0 Å². The molecule has 1 unspecified atom stereocenters. The molecular weight excluding hydrogens is 583 g/mol. The molecule has 4 heterocycles. The fourth-order valence-corrected chi connectivity index (χ4v) is 7.31. The van der Waals surface area contributed by atoms with Crippen molar-refractivity contribution in [3.05, 3.63) is 46.5 Å². The van der Waals surface area contributed by atoms with Crippen LogP contribution in [-0.2, 0) is 14.8 Å². The number of amides is 1. The molecule has 1 aromatic carbocycles. The first-order valence-corrected chi connectivity index (χ1v) is 15.5. The summed E-state index contributed by atoms with van der Waals surface area (Å²) in [7, 11) is -3.17. The number of nitrogens with zero attached hydrogens (tertiary/aromatic N) is 1. The molecule has 0 saturated carbocycles. The standard InChI is InChI=1S/C24H31N5O3S2.C2HF3O2/c1-2-34(31,32)29-9-5-15(6-10-29)19-13-28-23-17(19)11-16(12-18(23)24(25)30)21-3-4-22(33-21)20-14-26-7-8-27-20;3-2(4,5)1(6)7/h3-4,11-13,15,20,26-28H,2,5-10,14H2,1H3,(H2,25,30);(H,6,7). The summed E-state index contributed by atoms with van der Waals surface area (Å²) < 4.78 is 57.9. The van der Waals surface area contributed by atoms with Gasteiger partial charge in [-0.15, -0.1) is 11.3 Å². The molecule has 1 amide bonds. The number of hydrogen-bond acceptors (Lipinski definition) is 7. The summed E-state index contributed by atoms with van der Waals surface area (Å²) in [4.78, 5) is 26.9. The number of aromatic amines is 1. The number of fused-ring (bicyclic) bond motifs is 1. The van der Waals surface area contributed by atoms with Crippen LogP contribution >= 0.6 is 11.3 Å². The van der Waals surface area contributed by atoms with Gasteiger partial charge in [-0.25, -0.2) is 17.5 Å². The Morgan fingerprint density at radius 3 is 2.41 bits per heavy atom. The first kappa shape index (κ1) is 31.0. The average Bonchev–Trinajstić information content (AvgIpc) is 3.61. The molecule has 2 fully saturated rings. The zero-order valence-electron chi connectivity index (χ0n) is 22.3. The molecule has 0 spiro atoms. The van der Waals surface area contributed by atoms with E-state index in [1.165, 1.54) is 4.88 Å². The Morgan fingerprint density at radius 2 is 1.85 bits per heavy atom. The number of rotatable bonds is 6. The average molecular weight is 616 g/mol. The highest BCUT2D eigenvalue weighted by Gasteiger charge is 2.38. The molecule has 224 valence electrons. The fourth-order valence-electron chi connectivity index (χ4n) is 5.10. The summed E-state index contributed by atoms with van der Waals surface area (Å²) in [6, 6.07) is 8.58. The van der Waals surface area contributed by atoms with Gasteiger partial charge in [0.05, 0.1) is 22.9 Å². The molecule has 2 saturated heterocycles. The fraction of sp³-hybridized carbons (Fsp3) is 0.462. The first-order chi connectivity index (χ1) is 19.3. The monoisotopic (exact) mass is 615 g/mol. The zero-order valence-corrected chi connectivity index (χ0v) is 23.9. The van der Waals surface area contributed by atoms with Crippen molar-refractivity contribution >= 4 is 44.1 Å². The number of benzene rings is 1. The van der Waals surface area contributed by atoms with Crippen molar-refractivity contribution < 1.29 is 36.3 Å². The molecule has 1 atom stereocenters. The molecule has 0 bridgehead atoms. The third-order valence-corrected chi connectivity index (χ3v) is 10.4. The van der Waals surface area contributed by atoms with Gasteiger partial charge >= 0.3 is 12.1 Å². The molecule has 10 nitrogen and oxygen atoms in total. The molecule has 0 radical (unpaired) electrons. The second kappa shape index (κ2) is 12.5. The number of aliphatic carboxylic acids is 1. The number of carboxylic acid groups (broad SMARTS) is 1. The van der Waals surface area contributed by atoms with E-state index in [1.807, 2.05) is 12.3 Å². The smallest absolute Gasteiger partial charge is 0.475 e. The number of alkyl halides is 3. The number of primary amides is 1. The lowest BCUT2D eigenvalue weighted by Crippen LogP contribution is -2.42. The van der Waals surface area contributed by atoms with Gasteiger partial charge in [0.1, 0.15) is 0 Å². The number of H-pyrrole nitrogens is 1. The Morgan fingerprint density at radius 1 is 1.17 bits per heavy atom. The van der Waals surface area contributed by atoms with Crippen LogP contribution in [0.4, 0.5) is 13.2 Å². The quantitative estimate of drug-likeness (QED) is 0.284. The van der Waals surface area contributed by atoms with Crippen LogP contribution in [0.15, 0.2) is 30.5 Å². The number of piperidine rings is 1. The lowest BCUT2D eigenvalue weighted by molar-refractivity contribution is -0.192. The minimum absolute atomic E-state index is 0.130. The van der Waals surface area contributed by atoms with Gasteiger partial charge in [0.15, 0.2) is 0 Å².